The number of benzene rings is 2. The Morgan fingerprint density at radius 2 is 1.84 bits per heavy atom. The molecule has 0 saturated carbocycles. The average Bonchev–Trinajstić information content (AvgIpc) is 3.26. The monoisotopic (exact) mass is 589 g/mol. The van der Waals surface area contributed by atoms with Crippen LogP contribution in [0.5, 0.6) is 5.75 Å². The Balaban J connectivity index is 0.000000374. The van der Waals surface area contributed by atoms with E-state index in [0.29, 0.717) is 23.1 Å². The number of thioether (sulfide) groups is 1. The van der Waals surface area contributed by atoms with Crippen LogP contribution in [0.3, 0.4) is 0 Å². The predicted molar refractivity (Wildman–Crippen MR) is 147 cm³/mol. The number of hydrogen-bond donors (Lipinski definition) is 4. The molecule has 1 atom stereocenters. The molecule has 16 heteroatoms. The van der Waals surface area contributed by atoms with E-state index in [9.17, 15) is 18.3 Å². The summed E-state index contributed by atoms with van der Waals surface area (Å²) in [6.45, 7) is 1.63. The number of nitrogens with zero attached hydrogens (tertiary/aromatic N) is 3. The molecule has 0 aliphatic heterocycles. The van der Waals surface area contributed by atoms with Crippen LogP contribution in [0.4, 0.5) is 5.13 Å². The van der Waals surface area contributed by atoms with Gasteiger partial charge in [-0.15, -0.1) is 15.7 Å². The molecule has 0 radical (unpaired) electrons. The maximum atomic E-state index is 10.8. The van der Waals surface area contributed by atoms with Crippen LogP contribution >= 0.6 is 23.1 Å². The van der Waals surface area contributed by atoms with E-state index in [0.717, 1.165) is 27.8 Å². The zero-order valence-electron chi connectivity index (χ0n) is 21.2. The number of aliphatic imine (C=N–C) groups is 1. The number of rotatable bonds is 10. The Labute approximate surface area is 251 Å². The van der Waals surface area contributed by atoms with Gasteiger partial charge in [0.25, 0.3) is 0 Å². The molecule has 0 amide bonds. The van der Waals surface area contributed by atoms with Crippen LogP contribution in [-0.2, 0) is 20.8 Å². The minimum Gasteiger partial charge on any atom is -0.550 e. The molecule has 3 rings (SSSR count). The maximum Gasteiger partial charge on any atom is 1.00 e. The van der Waals surface area contributed by atoms with Crippen molar-refractivity contribution >= 4 is 67.0 Å². The number of carbonyl (C=O) groups excluding carboxylic acids is 1. The average molecular weight is 590 g/mol. The van der Waals surface area contributed by atoms with Crippen molar-refractivity contribution < 1.29 is 52.6 Å². The Morgan fingerprint density at radius 3 is 2.45 bits per heavy atom. The van der Waals surface area contributed by atoms with Crippen molar-refractivity contribution in [2.45, 2.75) is 25.0 Å². The van der Waals surface area contributed by atoms with Gasteiger partial charge in [-0.05, 0) is 28.5 Å². The van der Waals surface area contributed by atoms with Gasteiger partial charge in [-0.3, -0.25) is 0 Å². The number of carboxylic acids is 1. The molecule has 200 valence electrons. The number of thiazole rings is 1. The van der Waals surface area contributed by atoms with Crippen LogP contribution in [0.2, 0.25) is 0 Å². The van der Waals surface area contributed by atoms with Gasteiger partial charge in [-0.2, -0.15) is 25.2 Å². The number of methoxy groups -OCH3 is 1. The Kier molecular flexibility index (Phi) is 14.1. The van der Waals surface area contributed by atoms with Crippen LogP contribution in [0.25, 0.3) is 10.8 Å². The number of ether oxygens (including phenoxy) is 1. The number of hydrogen-bond acceptors (Lipinski definition) is 9. The van der Waals surface area contributed by atoms with Crippen molar-refractivity contribution in [1.82, 2.24) is 4.98 Å². The minimum atomic E-state index is -3.92. The van der Waals surface area contributed by atoms with E-state index in [1.165, 1.54) is 23.1 Å². The van der Waals surface area contributed by atoms with E-state index in [2.05, 4.69) is 14.4 Å². The van der Waals surface area contributed by atoms with Gasteiger partial charge in [0.05, 0.1) is 12.8 Å². The summed E-state index contributed by atoms with van der Waals surface area (Å²) in [6.07, 6.45) is 0.325. The number of amidine groups is 1. The number of nitrogens with two attached hydrogens (primary N) is 4. The number of aromatic nitrogens is 1. The first kappa shape index (κ1) is 33.6. The normalized spacial score (nSPS) is 12.0. The number of carboxylic acid groups (broad SMARTS) is 1. The molecule has 0 aliphatic rings. The summed E-state index contributed by atoms with van der Waals surface area (Å²) in [5, 5.41) is 19.9. The van der Waals surface area contributed by atoms with Crippen molar-refractivity contribution in [3.8, 4) is 5.75 Å². The first-order chi connectivity index (χ1) is 17.4. The summed E-state index contributed by atoms with van der Waals surface area (Å²) >= 11 is 2.86. The number of aliphatic carboxylic acids is 1. The van der Waals surface area contributed by atoms with Gasteiger partial charge in [0.1, 0.15) is 11.6 Å². The standard InChI is InChI=1S/C14H14O3.C8H15N7O2S3.Na/c1-9(14(15)16)10-3-4-12-8-13(17-2)6-5-11(12)7-10;9-6(15-20(12,16)17)1-2-18-3-5-4-19-8(13-5)14-7(10)11;/h3-9H,1-2H3,(H,15,16);4H,1-3H2,(H2,9,15)(H2,12,16,17)(H4,10,11,13,14);/q;;+1/p-1/t9-;;/m0../s1. The summed E-state index contributed by atoms with van der Waals surface area (Å²) in [5.74, 6) is 0.321. The van der Waals surface area contributed by atoms with Crippen LogP contribution in [-0.4, -0.2) is 44.0 Å². The van der Waals surface area contributed by atoms with Gasteiger partial charge in [0, 0.05) is 35.2 Å². The van der Waals surface area contributed by atoms with Crippen LogP contribution in [0, 0.1) is 0 Å². The van der Waals surface area contributed by atoms with Crippen molar-refractivity contribution in [2.75, 3.05) is 12.9 Å². The molecule has 0 saturated heterocycles. The first-order valence-corrected chi connectivity index (χ1v) is 14.2. The maximum absolute atomic E-state index is 10.8. The summed E-state index contributed by atoms with van der Waals surface area (Å²) in [7, 11) is -2.30. The van der Waals surface area contributed by atoms with Crippen LogP contribution in [0.15, 0.2) is 51.2 Å². The van der Waals surface area contributed by atoms with Crippen LogP contribution in [0.1, 0.15) is 30.5 Å². The molecule has 38 heavy (non-hydrogen) atoms. The molecule has 3 aromatic rings. The summed E-state index contributed by atoms with van der Waals surface area (Å²) < 4.78 is 29.6. The van der Waals surface area contributed by atoms with E-state index < -0.39 is 22.1 Å². The molecule has 8 N–H and O–H groups in total. The Bertz CT molecular complexity index is 1390. The molecule has 12 nitrogen and oxygen atoms in total. The Morgan fingerprint density at radius 1 is 1.18 bits per heavy atom. The molecule has 1 heterocycles. The first-order valence-electron chi connectivity index (χ1n) is 10.7. The van der Waals surface area contributed by atoms with E-state index in [-0.39, 0.29) is 41.4 Å². The zero-order chi connectivity index (χ0) is 27.6. The van der Waals surface area contributed by atoms with Gasteiger partial charge in [0.2, 0.25) is 5.13 Å². The second-order valence-corrected chi connectivity index (χ2v) is 10.7. The summed E-state index contributed by atoms with van der Waals surface area (Å²) in [6, 6.07) is 11.3. The van der Waals surface area contributed by atoms with Gasteiger partial charge in [-0.1, -0.05) is 31.2 Å². The fourth-order valence-corrected chi connectivity index (χ4v) is 4.95. The van der Waals surface area contributed by atoms with E-state index in [1.54, 1.807) is 14.0 Å². The molecule has 0 spiro atoms. The fourth-order valence-electron chi connectivity index (χ4n) is 2.86. The largest absolute Gasteiger partial charge is 1.00 e. The zero-order valence-corrected chi connectivity index (χ0v) is 25.6. The quantitative estimate of drug-likeness (QED) is 0.0875. The third-order valence-electron chi connectivity index (χ3n) is 4.69. The molecule has 0 unspecified atom stereocenters. The third kappa shape index (κ3) is 12.0. The predicted octanol–water partition coefficient (Wildman–Crippen LogP) is -2.06. The van der Waals surface area contributed by atoms with Crippen molar-refractivity contribution in [3.05, 3.63) is 53.0 Å². The van der Waals surface area contributed by atoms with Crippen molar-refractivity contribution in [2.24, 2.45) is 31.7 Å². The third-order valence-corrected chi connectivity index (χ3v) is 6.95. The number of fused-ring (bicyclic) bond motifs is 1. The molecule has 2 aromatic carbocycles. The molecule has 0 fully saturated rings. The topological polar surface area (TPSA) is 225 Å². The Hall–Kier alpha value is -2.40. The summed E-state index contributed by atoms with van der Waals surface area (Å²) in [4.78, 5) is 18.8. The van der Waals surface area contributed by atoms with Crippen LogP contribution < -0.4 is 61.7 Å². The van der Waals surface area contributed by atoms with Crippen molar-refractivity contribution in [3.63, 3.8) is 0 Å². The van der Waals surface area contributed by atoms with E-state index in [1.807, 2.05) is 41.8 Å². The smallest absolute Gasteiger partial charge is 0.550 e. The van der Waals surface area contributed by atoms with E-state index >= 15 is 0 Å². The van der Waals surface area contributed by atoms with Gasteiger partial charge < -0.3 is 31.8 Å². The number of guanidine groups is 1. The molecular formula is C22H28N7NaO5S3. The molecule has 0 bridgehead atoms. The summed E-state index contributed by atoms with van der Waals surface area (Å²) in [5.41, 5.74) is 17.5. The van der Waals surface area contributed by atoms with Gasteiger partial charge in [0.15, 0.2) is 5.96 Å². The second kappa shape index (κ2) is 15.9. The second-order valence-electron chi connectivity index (χ2n) is 7.57. The van der Waals surface area contributed by atoms with E-state index in [4.69, 9.17) is 27.1 Å². The van der Waals surface area contributed by atoms with Gasteiger partial charge in [-0.25, -0.2) is 10.1 Å². The molecular weight excluding hydrogens is 561 g/mol. The van der Waals surface area contributed by atoms with Gasteiger partial charge >= 0.3 is 39.8 Å². The minimum absolute atomic E-state index is 0. The SMILES string of the molecule is COc1ccc2cc([C@H](C)C(=O)[O-])ccc2c1.NC(N)=Nc1nc(CSCCC(N)=NS(N)(=O)=O)cs1.[Na+]. The molecule has 0 aliphatic carbocycles. The van der Waals surface area contributed by atoms with Crippen molar-refractivity contribution in [1.29, 1.82) is 0 Å². The fraction of sp³-hybridized carbons (Fsp3) is 0.273. The number of carbonyl (C=O) groups is 1. The molecule has 1 aromatic heterocycles.